The highest BCUT2D eigenvalue weighted by Gasteiger charge is 2.22. The van der Waals surface area contributed by atoms with Crippen molar-refractivity contribution in [2.24, 2.45) is 5.92 Å². The highest BCUT2D eigenvalue weighted by atomic mass is 32.2. The number of rotatable bonds is 8. The fourth-order valence-corrected chi connectivity index (χ4v) is 4.01. The molecule has 6 nitrogen and oxygen atoms in total. The van der Waals surface area contributed by atoms with Crippen molar-refractivity contribution in [2.45, 2.75) is 30.6 Å². The Bertz CT molecular complexity index is 611. The molecule has 1 aliphatic rings. The van der Waals surface area contributed by atoms with E-state index in [0.717, 1.165) is 38.9 Å². The molecule has 0 radical (unpaired) electrons. The van der Waals surface area contributed by atoms with E-state index in [2.05, 4.69) is 10.0 Å². The van der Waals surface area contributed by atoms with Crippen LogP contribution in [-0.4, -0.2) is 52.5 Å². The first kappa shape index (κ1) is 18.9. The number of piperidine rings is 1. The Morgan fingerprint density at radius 2 is 1.83 bits per heavy atom. The van der Waals surface area contributed by atoms with Gasteiger partial charge in [-0.3, -0.25) is 4.79 Å². The van der Waals surface area contributed by atoms with E-state index >= 15 is 0 Å². The van der Waals surface area contributed by atoms with Crippen LogP contribution in [-0.2, 0) is 14.8 Å². The molecule has 0 unspecified atom stereocenters. The minimum Gasteiger partial charge on any atom is -0.343 e. The van der Waals surface area contributed by atoms with Crippen LogP contribution in [0.1, 0.15) is 25.7 Å². The van der Waals surface area contributed by atoms with Crippen LogP contribution in [0.25, 0.3) is 0 Å². The zero-order valence-electron chi connectivity index (χ0n) is 14.2. The standard InChI is InChI=1S/C17H27N3O3S/c1-18-11-7-15-9-13-20(14-10-15)17(21)8-12-19-24(22,23)16-5-3-2-4-6-16/h2-6,15,18-19H,7-14H2,1H3. The molecule has 0 aliphatic carbocycles. The zero-order chi connectivity index (χ0) is 17.4. The van der Waals surface area contributed by atoms with Crippen molar-refractivity contribution >= 4 is 15.9 Å². The molecule has 1 amide bonds. The molecule has 2 rings (SSSR count). The van der Waals surface area contributed by atoms with Crippen molar-refractivity contribution in [1.82, 2.24) is 14.9 Å². The number of hydrogen-bond donors (Lipinski definition) is 2. The first-order chi connectivity index (χ1) is 11.5. The van der Waals surface area contributed by atoms with E-state index < -0.39 is 10.0 Å². The first-order valence-corrected chi connectivity index (χ1v) is 9.98. The lowest BCUT2D eigenvalue weighted by atomic mass is 9.93. The lowest BCUT2D eigenvalue weighted by Gasteiger charge is -2.32. The van der Waals surface area contributed by atoms with Gasteiger partial charge in [0.15, 0.2) is 0 Å². The number of carbonyl (C=O) groups excluding carboxylic acids is 1. The largest absolute Gasteiger partial charge is 0.343 e. The van der Waals surface area contributed by atoms with Crippen molar-refractivity contribution in [3.63, 3.8) is 0 Å². The van der Waals surface area contributed by atoms with E-state index in [0.29, 0.717) is 5.92 Å². The number of likely N-dealkylation sites (tertiary alicyclic amines) is 1. The molecule has 0 bridgehead atoms. The fraction of sp³-hybridized carbons (Fsp3) is 0.588. The van der Waals surface area contributed by atoms with Gasteiger partial charge in [-0.25, -0.2) is 13.1 Å². The highest BCUT2D eigenvalue weighted by molar-refractivity contribution is 7.89. The van der Waals surface area contributed by atoms with E-state index in [4.69, 9.17) is 0 Å². The smallest absolute Gasteiger partial charge is 0.240 e. The van der Waals surface area contributed by atoms with E-state index in [9.17, 15) is 13.2 Å². The number of nitrogens with zero attached hydrogens (tertiary/aromatic N) is 1. The van der Waals surface area contributed by atoms with Crippen molar-refractivity contribution < 1.29 is 13.2 Å². The van der Waals surface area contributed by atoms with Gasteiger partial charge in [-0.05, 0) is 50.9 Å². The average Bonchev–Trinajstić information content (AvgIpc) is 2.61. The topological polar surface area (TPSA) is 78.5 Å². The average molecular weight is 353 g/mol. The van der Waals surface area contributed by atoms with Gasteiger partial charge in [-0.1, -0.05) is 18.2 Å². The van der Waals surface area contributed by atoms with Gasteiger partial charge in [0, 0.05) is 26.1 Å². The monoisotopic (exact) mass is 353 g/mol. The quantitative estimate of drug-likeness (QED) is 0.736. The fourth-order valence-electron chi connectivity index (χ4n) is 2.95. The SMILES string of the molecule is CNCCC1CCN(C(=O)CCNS(=O)(=O)c2ccccc2)CC1. The van der Waals surface area contributed by atoms with Gasteiger partial charge in [0.05, 0.1) is 4.90 Å². The normalized spacial score (nSPS) is 16.3. The zero-order valence-corrected chi connectivity index (χ0v) is 15.0. The summed E-state index contributed by atoms with van der Waals surface area (Å²) in [6.07, 6.45) is 3.41. The highest BCUT2D eigenvalue weighted by Crippen LogP contribution is 2.20. The summed E-state index contributed by atoms with van der Waals surface area (Å²) in [5, 5.41) is 3.16. The number of amides is 1. The maximum atomic E-state index is 12.2. The molecule has 1 aromatic rings. The number of hydrogen-bond acceptors (Lipinski definition) is 4. The minimum atomic E-state index is -3.53. The number of sulfonamides is 1. The minimum absolute atomic E-state index is 0.0258. The van der Waals surface area contributed by atoms with E-state index in [1.165, 1.54) is 0 Å². The van der Waals surface area contributed by atoms with E-state index in [1.54, 1.807) is 30.3 Å². The molecule has 0 spiro atoms. The molecule has 0 aromatic heterocycles. The second-order valence-electron chi connectivity index (χ2n) is 6.18. The molecule has 7 heteroatoms. The number of nitrogens with one attached hydrogen (secondary N) is 2. The van der Waals surface area contributed by atoms with Gasteiger partial charge < -0.3 is 10.2 Å². The molecule has 1 aliphatic heterocycles. The molecule has 24 heavy (non-hydrogen) atoms. The van der Waals surface area contributed by atoms with Gasteiger partial charge in [-0.2, -0.15) is 0 Å². The van der Waals surface area contributed by atoms with Crippen LogP contribution in [0, 0.1) is 5.92 Å². The Morgan fingerprint density at radius 1 is 1.17 bits per heavy atom. The van der Waals surface area contributed by atoms with Gasteiger partial charge >= 0.3 is 0 Å². The van der Waals surface area contributed by atoms with Gasteiger partial charge in [-0.15, -0.1) is 0 Å². The van der Waals surface area contributed by atoms with Crippen LogP contribution >= 0.6 is 0 Å². The van der Waals surface area contributed by atoms with Gasteiger partial charge in [0.1, 0.15) is 0 Å². The Morgan fingerprint density at radius 3 is 2.46 bits per heavy atom. The van der Waals surface area contributed by atoms with Crippen LogP contribution in [0.5, 0.6) is 0 Å². The lowest BCUT2D eigenvalue weighted by molar-refractivity contribution is -0.132. The van der Waals surface area contributed by atoms with Crippen molar-refractivity contribution in [3.05, 3.63) is 30.3 Å². The molecule has 1 fully saturated rings. The summed E-state index contributed by atoms with van der Waals surface area (Å²) < 4.78 is 26.7. The van der Waals surface area contributed by atoms with E-state index in [-0.39, 0.29) is 23.8 Å². The molecule has 2 N–H and O–H groups in total. The van der Waals surface area contributed by atoms with Crippen LogP contribution in [0.3, 0.4) is 0 Å². The van der Waals surface area contributed by atoms with Gasteiger partial charge in [0.25, 0.3) is 0 Å². The predicted octanol–water partition coefficient (Wildman–Crippen LogP) is 1.20. The first-order valence-electron chi connectivity index (χ1n) is 8.50. The number of benzene rings is 1. The number of carbonyl (C=O) groups is 1. The second-order valence-corrected chi connectivity index (χ2v) is 7.94. The molecule has 1 heterocycles. The summed E-state index contributed by atoms with van der Waals surface area (Å²) in [4.78, 5) is 14.3. The Labute approximate surface area is 144 Å². The molecule has 1 saturated heterocycles. The maximum absolute atomic E-state index is 12.2. The molecule has 0 atom stereocenters. The molecule has 134 valence electrons. The van der Waals surface area contributed by atoms with Gasteiger partial charge in [0.2, 0.25) is 15.9 Å². The summed E-state index contributed by atoms with van der Waals surface area (Å²) in [6.45, 7) is 2.70. The molecular weight excluding hydrogens is 326 g/mol. The maximum Gasteiger partial charge on any atom is 0.240 e. The summed E-state index contributed by atoms with van der Waals surface area (Å²) in [5.41, 5.74) is 0. The van der Waals surface area contributed by atoms with Crippen LogP contribution < -0.4 is 10.0 Å². The summed E-state index contributed by atoms with van der Waals surface area (Å²) in [5.74, 6) is 0.705. The molecule has 1 aromatic carbocycles. The summed E-state index contributed by atoms with van der Waals surface area (Å²) in [7, 11) is -1.58. The van der Waals surface area contributed by atoms with Crippen LogP contribution in [0.2, 0.25) is 0 Å². The summed E-state index contributed by atoms with van der Waals surface area (Å²) in [6, 6.07) is 8.21. The van der Waals surface area contributed by atoms with Crippen LogP contribution in [0.15, 0.2) is 35.2 Å². The second kappa shape index (κ2) is 9.15. The Hall–Kier alpha value is -1.44. The third-order valence-corrected chi connectivity index (χ3v) is 5.93. The van der Waals surface area contributed by atoms with Crippen molar-refractivity contribution in [3.8, 4) is 0 Å². The van der Waals surface area contributed by atoms with E-state index in [1.807, 2.05) is 11.9 Å². The molecular formula is C17H27N3O3S. The molecule has 0 saturated carbocycles. The lowest BCUT2D eigenvalue weighted by Crippen LogP contribution is -2.40. The van der Waals surface area contributed by atoms with Crippen molar-refractivity contribution in [2.75, 3.05) is 33.2 Å². The third kappa shape index (κ3) is 5.58. The predicted molar refractivity (Wildman–Crippen MR) is 94.1 cm³/mol. The summed E-state index contributed by atoms with van der Waals surface area (Å²) >= 11 is 0. The van der Waals surface area contributed by atoms with Crippen molar-refractivity contribution in [1.29, 1.82) is 0 Å². The van der Waals surface area contributed by atoms with Crippen LogP contribution in [0.4, 0.5) is 0 Å². The Balaban J connectivity index is 1.72. The Kier molecular flexibility index (Phi) is 7.20. The third-order valence-electron chi connectivity index (χ3n) is 4.45.